The van der Waals surface area contributed by atoms with E-state index in [1.807, 2.05) is 12.4 Å². The molecule has 1 saturated heterocycles. The third kappa shape index (κ3) is 3.51. The van der Waals surface area contributed by atoms with Crippen molar-refractivity contribution in [3.8, 4) is 0 Å². The van der Waals surface area contributed by atoms with Crippen LogP contribution in [-0.4, -0.2) is 43.5 Å². The van der Waals surface area contributed by atoms with E-state index in [0.717, 1.165) is 31.1 Å². The summed E-state index contributed by atoms with van der Waals surface area (Å²) >= 11 is 0. The van der Waals surface area contributed by atoms with E-state index in [-0.39, 0.29) is 0 Å². The van der Waals surface area contributed by atoms with Gasteiger partial charge in [0.2, 0.25) is 0 Å². The lowest BCUT2D eigenvalue weighted by atomic mass is 10.2. The molecule has 0 N–H and O–H groups in total. The van der Waals surface area contributed by atoms with Gasteiger partial charge in [-0.3, -0.25) is 9.11 Å². The van der Waals surface area contributed by atoms with E-state index in [0.29, 0.717) is 5.92 Å². The van der Waals surface area contributed by atoms with Gasteiger partial charge in [0, 0.05) is 59.9 Å². The summed E-state index contributed by atoms with van der Waals surface area (Å²) in [6.45, 7) is 8.66. The topological polar surface area (TPSA) is 38.1 Å². The molecular weight excluding hydrogens is 234 g/mol. The molecule has 0 bridgehead atoms. The Kier molecular flexibility index (Phi) is 4.12. The van der Waals surface area contributed by atoms with E-state index in [4.69, 9.17) is 0 Å². The summed E-state index contributed by atoms with van der Waals surface area (Å²) in [5.41, 5.74) is 1.18. The number of nitrogens with zero attached hydrogens (tertiary/aromatic N) is 3. The number of hydrogen-bond acceptors (Lipinski definition) is 3. The predicted molar refractivity (Wildman–Crippen MR) is 70.9 cm³/mol. The van der Waals surface area contributed by atoms with E-state index >= 15 is 0 Å². The summed E-state index contributed by atoms with van der Waals surface area (Å²) in [6.07, 6.45) is 5.54. The Morgan fingerprint density at radius 2 is 2.53 bits per heavy atom. The van der Waals surface area contributed by atoms with Gasteiger partial charge in [0.05, 0.1) is 6.20 Å². The first kappa shape index (κ1) is 12.5. The van der Waals surface area contributed by atoms with Gasteiger partial charge < -0.3 is 0 Å². The molecule has 4 nitrogen and oxygen atoms in total. The molecule has 0 radical (unpaired) electrons. The molecular formula is C12H19N3OS. The molecule has 2 unspecified atom stereocenters. The maximum absolute atomic E-state index is 11.6. The second-order valence-corrected chi connectivity index (χ2v) is 6.28. The first-order valence-electron chi connectivity index (χ1n) is 5.90. The fourth-order valence-corrected chi connectivity index (χ4v) is 3.55. The third-order valence-corrected chi connectivity index (χ3v) is 4.50. The zero-order valence-corrected chi connectivity index (χ0v) is 11.0. The summed E-state index contributed by atoms with van der Waals surface area (Å²) in [4.78, 5) is 2.36. The molecule has 1 aromatic heterocycles. The van der Waals surface area contributed by atoms with Crippen molar-refractivity contribution in [2.75, 3.05) is 24.6 Å². The average Bonchev–Trinajstić information content (AvgIpc) is 2.66. The SMILES string of the molecule is C=Cn1cc(CN2CCS(=O)CC(C)C2)cn1. The highest BCUT2D eigenvalue weighted by atomic mass is 32.2. The van der Waals surface area contributed by atoms with Crippen molar-refractivity contribution in [3.05, 3.63) is 24.5 Å². The van der Waals surface area contributed by atoms with E-state index in [1.165, 1.54) is 5.56 Å². The van der Waals surface area contributed by atoms with Gasteiger partial charge in [-0.1, -0.05) is 13.5 Å². The second kappa shape index (κ2) is 5.60. The minimum atomic E-state index is -0.641. The predicted octanol–water partition coefficient (Wildman–Crippen LogP) is 1.18. The van der Waals surface area contributed by atoms with E-state index in [9.17, 15) is 4.21 Å². The highest BCUT2D eigenvalue weighted by molar-refractivity contribution is 7.85. The number of hydrogen-bond donors (Lipinski definition) is 0. The van der Waals surface area contributed by atoms with Crippen molar-refractivity contribution in [2.45, 2.75) is 13.5 Å². The monoisotopic (exact) mass is 253 g/mol. The van der Waals surface area contributed by atoms with Crippen molar-refractivity contribution in [1.82, 2.24) is 14.7 Å². The molecule has 94 valence electrons. The van der Waals surface area contributed by atoms with Gasteiger partial charge >= 0.3 is 0 Å². The quantitative estimate of drug-likeness (QED) is 0.812. The molecule has 1 fully saturated rings. The van der Waals surface area contributed by atoms with Gasteiger partial charge in [-0.15, -0.1) is 0 Å². The van der Waals surface area contributed by atoms with Gasteiger partial charge in [-0.2, -0.15) is 5.10 Å². The minimum absolute atomic E-state index is 0.507. The summed E-state index contributed by atoms with van der Waals surface area (Å²) in [5.74, 6) is 2.13. The average molecular weight is 253 g/mol. The lowest BCUT2D eigenvalue weighted by Crippen LogP contribution is -2.28. The minimum Gasteiger partial charge on any atom is -0.298 e. The van der Waals surface area contributed by atoms with Crippen LogP contribution >= 0.6 is 0 Å². The molecule has 0 aliphatic carbocycles. The molecule has 0 saturated carbocycles. The molecule has 5 heteroatoms. The van der Waals surface area contributed by atoms with Gasteiger partial charge in [-0.25, -0.2) is 4.68 Å². The lowest BCUT2D eigenvalue weighted by Gasteiger charge is -2.20. The first-order chi connectivity index (χ1) is 8.17. The second-order valence-electron chi connectivity index (χ2n) is 4.66. The van der Waals surface area contributed by atoms with Gasteiger partial charge in [-0.05, 0) is 5.92 Å². The largest absolute Gasteiger partial charge is 0.298 e. The Bertz CT molecular complexity index is 416. The normalized spacial score (nSPS) is 26.6. The number of rotatable bonds is 3. The van der Waals surface area contributed by atoms with Crippen LogP contribution in [-0.2, 0) is 17.3 Å². The van der Waals surface area contributed by atoms with Crippen molar-refractivity contribution < 1.29 is 4.21 Å². The zero-order chi connectivity index (χ0) is 12.3. The summed E-state index contributed by atoms with van der Waals surface area (Å²) < 4.78 is 13.3. The lowest BCUT2D eigenvalue weighted by molar-refractivity contribution is 0.257. The van der Waals surface area contributed by atoms with Crippen molar-refractivity contribution >= 4 is 17.0 Å². The maximum atomic E-state index is 11.6. The van der Waals surface area contributed by atoms with Crippen molar-refractivity contribution in [1.29, 1.82) is 0 Å². The van der Waals surface area contributed by atoms with E-state index in [1.54, 1.807) is 10.9 Å². The Labute approximate surface area is 105 Å². The maximum Gasteiger partial charge on any atom is 0.0539 e. The van der Waals surface area contributed by atoms with Crippen LogP contribution in [0.1, 0.15) is 12.5 Å². The van der Waals surface area contributed by atoms with Crippen LogP contribution in [0.15, 0.2) is 19.0 Å². The van der Waals surface area contributed by atoms with Crippen molar-refractivity contribution in [2.24, 2.45) is 5.92 Å². The molecule has 0 spiro atoms. The van der Waals surface area contributed by atoms with Crippen LogP contribution in [0.3, 0.4) is 0 Å². The Morgan fingerprint density at radius 3 is 3.24 bits per heavy atom. The molecule has 17 heavy (non-hydrogen) atoms. The van der Waals surface area contributed by atoms with E-state index < -0.39 is 10.8 Å². The summed E-state index contributed by atoms with van der Waals surface area (Å²) in [6, 6.07) is 0. The van der Waals surface area contributed by atoms with Crippen LogP contribution in [0.4, 0.5) is 0 Å². The standard InChI is InChI=1S/C12H19N3OS/c1-3-15-9-12(6-13-15)8-14-4-5-17(16)10-11(2)7-14/h3,6,9,11H,1,4-5,7-8,10H2,2H3. The molecule has 1 aliphatic rings. The fourth-order valence-electron chi connectivity index (χ4n) is 2.18. The Balaban J connectivity index is 1.97. The van der Waals surface area contributed by atoms with Crippen LogP contribution in [0, 0.1) is 5.92 Å². The van der Waals surface area contributed by atoms with E-state index in [2.05, 4.69) is 23.5 Å². The zero-order valence-electron chi connectivity index (χ0n) is 10.2. The third-order valence-electron chi connectivity index (χ3n) is 2.92. The van der Waals surface area contributed by atoms with Crippen LogP contribution in [0.25, 0.3) is 6.20 Å². The number of aromatic nitrogens is 2. The first-order valence-corrected chi connectivity index (χ1v) is 7.39. The molecule has 1 aliphatic heterocycles. The van der Waals surface area contributed by atoms with Crippen molar-refractivity contribution in [3.63, 3.8) is 0 Å². The molecule has 2 heterocycles. The molecule has 1 aromatic rings. The fraction of sp³-hybridized carbons (Fsp3) is 0.583. The molecule has 2 atom stereocenters. The van der Waals surface area contributed by atoms with Gasteiger partial charge in [0.1, 0.15) is 0 Å². The highest BCUT2D eigenvalue weighted by Gasteiger charge is 2.19. The molecule has 0 aromatic carbocycles. The summed E-state index contributed by atoms with van der Waals surface area (Å²) in [5, 5.41) is 4.17. The Hall–Kier alpha value is -0.940. The van der Waals surface area contributed by atoms with Gasteiger partial charge in [0.25, 0.3) is 0 Å². The van der Waals surface area contributed by atoms with Gasteiger partial charge in [0.15, 0.2) is 0 Å². The highest BCUT2D eigenvalue weighted by Crippen LogP contribution is 2.12. The summed E-state index contributed by atoms with van der Waals surface area (Å²) in [7, 11) is -0.641. The molecule has 2 rings (SSSR count). The Morgan fingerprint density at radius 1 is 1.71 bits per heavy atom. The van der Waals surface area contributed by atoms with Crippen LogP contribution in [0.5, 0.6) is 0 Å². The smallest absolute Gasteiger partial charge is 0.0539 e. The molecule has 0 amide bonds. The van der Waals surface area contributed by atoms with Crippen LogP contribution < -0.4 is 0 Å². The van der Waals surface area contributed by atoms with Crippen LogP contribution in [0.2, 0.25) is 0 Å².